The molecule has 1 saturated carbocycles. The first-order valence-electron chi connectivity index (χ1n) is 6.47. The van der Waals surface area contributed by atoms with Crippen LogP contribution in [-0.2, 0) is 4.74 Å². The molecule has 1 aliphatic rings. The van der Waals surface area contributed by atoms with Crippen LogP contribution in [0.1, 0.15) is 52.4 Å². The molecule has 0 saturated heterocycles. The molecule has 2 nitrogen and oxygen atoms in total. The molecule has 0 aromatic heterocycles. The molecule has 0 aromatic rings. The molecule has 0 heterocycles. The molecule has 4 unspecified atom stereocenters. The van der Waals surface area contributed by atoms with Crippen LogP contribution in [0.3, 0.4) is 0 Å². The molecule has 0 spiro atoms. The van der Waals surface area contributed by atoms with Gasteiger partial charge in [0.05, 0.1) is 6.10 Å². The third-order valence-electron chi connectivity index (χ3n) is 3.83. The Kier molecular flexibility index (Phi) is 5.62. The highest BCUT2D eigenvalue weighted by atomic mass is 16.5. The van der Waals surface area contributed by atoms with Crippen LogP contribution in [0.25, 0.3) is 0 Å². The molecule has 90 valence electrons. The Hall–Kier alpha value is -0.0800. The average Bonchev–Trinajstić information content (AvgIpc) is 2.25. The van der Waals surface area contributed by atoms with Crippen molar-refractivity contribution in [1.82, 2.24) is 0 Å². The fourth-order valence-electron chi connectivity index (χ4n) is 2.89. The van der Waals surface area contributed by atoms with E-state index in [0.717, 1.165) is 18.8 Å². The molecule has 0 bridgehead atoms. The Morgan fingerprint density at radius 3 is 2.67 bits per heavy atom. The molecule has 1 fully saturated rings. The Morgan fingerprint density at radius 2 is 2.13 bits per heavy atom. The number of nitrogens with two attached hydrogens (primary N) is 1. The van der Waals surface area contributed by atoms with Crippen molar-refractivity contribution in [2.24, 2.45) is 17.6 Å². The molecule has 4 atom stereocenters. The number of methoxy groups -OCH3 is 1. The van der Waals surface area contributed by atoms with E-state index in [0.29, 0.717) is 5.92 Å². The zero-order valence-electron chi connectivity index (χ0n) is 10.5. The number of ether oxygens (including phenoxy) is 1. The summed E-state index contributed by atoms with van der Waals surface area (Å²) < 4.78 is 5.52. The smallest absolute Gasteiger partial charge is 0.0724 e. The van der Waals surface area contributed by atoms with Crippen LogP contribution < -0.4 is 5.73 Å². The van der Waals surface area contributed by atoms with Gasteiger partial charge in [-0.25, -0.2) is 0 Å². The van der Waals surface area contributed by atoms with E-state index in [1.807, 2.05) is 0 Å². The minimum atomic E-state index is 0.248. The molecule has 15 heavy (non-hydrogen) atoms. The summed E-state index contributed by atoms with van der Waals surface area (Å²) in [6.45, 7) is 4.54. The van der Waals surface area contributed by atoms with Crippen LogP contribution in [0.5, 0.6) is 0 Å². The molecule has 1 rings (SSSR count). The van der Waals surface area contributed by atoms with Crippen molar-refractivity contribution in [3.8, 4) is 0 Å². The van der Waals surface area contributed by atoms with Crippen molar-refractivity contribution in [1.29, 1.82) is 0 Å². The van der Waals surface area contributed by atoms with Crippen molar-refractivity contribution in [2.45, 2.75) is 64.5 Å². The predicted molar refractivity (Wildman–Crippen MR) is 64.8 cm³/mol. The molecule has 2 N–H and O–H groups in total. The van der Waals surface area contributed by atoms with Crippen molar-refractivity contribution >= 4 is 0 Å². The maximum absolute atomic E-state index is 6.33. The molecule has 0 aromatic carbocycles. The van der Waals surface area contributed by atoms with Crippen molar-refractivity contribution in [3.63, 3.8) is 0 Å². The van der Waals surface area contributed by atoms with Gasteiger partial charge in [-0.15, -0.1) is 0 Å². The first kappa shape index (κ1) is 13.0. The summed E-state index contributed by atoms with van der Waals surface area (Å²) in [5.41, 5.74) is 6.33. The highest BCUT2D eigenvalue weighted by Gasteiger charge is 2.29. The zero-order chi connectivity index (χ0) is 11.3. The molecule has 0 amide bonds. The standard InChI is InChI=1S/C13H27NO/c1-4-6-12(15-3)13(14)11-8-5-7-10(2)9-11/h10-13H,4-9,14H2,1-3H3. The third kappa shape index (κ3) is 3.76. The minimum Gasteiger partial charge on any atom is -0.380 e. The van der Waals surface area contributed by atoms with Gasteiger partial charge in [-0.1, -0.05) is 33.1 Å². The van der Waals surface area contributed by atoms with E-state index in [9.17, 15) is 0 Å². The van der Waals surface area contributed by atoms with Crippen molar-refractivity contribution in [2.75, 3.05) is 7.11 Å². The maximum atomic E-state index is 6.33. The predicted octanol–water partition coefficient (Wildman–Crippen LogP) is 2.96. The topological polar surface area (TPSA) is 35.2 Å². The normalized spacial score (nSPS) is 31.2. The molecule has 0 radical (unpaired) electrons. The summed E-state index contributed by atoms with van der Waals surface area (Å²) in [6, 6.07) is 0.248. The van der Waals surface area contributed by atoms with Crippen LogP contribution in [-0.4, -0.2) is 19.3 Å². The summed E-state index contributed by atoms with van der Waals surface area (Å²) in [5, 5.41) is 0. The Balaban J connectivity index is 2.45. The first-order chi connectivity index (χ1) is 7.19. The van der Waals surface area contributed by atoms with Gasteiger partial charge in [-0.2, -0.15) is 0 Å². The fourth-order valence-corrected chi connectivity index (χ4v) is 2.89. The average molecular weight is 213 g/mol. The largest absolute Gasteiger partial charge is 0.380 e. The summed E-state index contributed by atoms with van der Waals surface area (Å²) in [5.74, 6) is 1.54. The van der Waals surface area contributed by atoms with Crippen LogP contribution in [0.4, 0.5) is 0 Å². The van der Waals surface area contributed by atoms with Crippen LogP contribution >= 0.6 is 0 Å². The van der Waals surface area contributed by atoms with Gasteiger partial charge in [0.2, 0.25) is 0 Å². The Morgan fingerprint density at radius 1 is 1.40 bits per heavy atom. The van der Waals surface area contributed by atoms with Gasteiger partial charge < -0.3 is 10.5 Å². The number of hydrogen-bond donors (Lipinski definition) is 1. The van der Waals surface area contributed by atoms with E-state index < -0.39 is 0 Å². The van der Waals surface area contributed by atoms with Gasteiger partial charge in [0.1, 0.15) is 0 Å². The molecular formula is C13H27NO. The van der Waals surface area contributed by atoms with E-state index in [1.54, 1.807) is 7.11 Å². The number of hydrogen-bond acceptors (Lipinski definition) is 2. The molecular weight excluding hydrogens is 186 g/mol. The van der Waals surface area contributed by atoms with E-state index in [2.05, 4.69) is 13.8 Å². The lowest BCUT2D eigenvalue weighted by Gasteiger charge is -2.34. The quantitative estimate of drug-likeness (QED) is 0.762. The van der Waals surface area contributed by atoms with Gasteiger partial charge in [-0.05, 0) is 31.1 Å². The Labute approximate surface area is 94.6 Å². The van der Waals surface area contributed by atoms with Crippen LogP contribution in [0.2, 0.25) is 0 Å². The first-order valence-corrected chi connectivity index (χ1v) is 6.47. The summed E-state index contributed by atoms with van der Waals surface area (Å²) in [7, 11) is 1.80. The van der Waals surface area contributed by atoms with Gasteiger partial charge >= 0.3 is 0 Å². The maximum Gasteiger partial charge on any atom is 0.0724 e. The second kappa shape index (κ2) is 6.49. The van der Waals surface area contributed by atoms with E-state index in [4.69, 9.17) is 10.5 Å². The van der Waals surface area contributed by atoms with Crippen LogP contribution in [0.15, 0.2) is 0 Å². The second-order valence-corrected chi connectivity index (χ2v) is 5.17. The van der Waals surface area contributed by atoms with Gasteiger partial charge in [-0.3, -0.25) is 0 Å². The lowest BCUT2D eigenvalue weighted by Crippen LogP contribution is -2.43. The van der Waals surface area contributed by atoms with E-state index in [-0.39, 0.29) is 12.1 Å². The lowest BCUT2D eigenvalue weighted by atomic mass is 9.77. The van der Waals surface area contributed by atoms with Gasteiger partial charge in [0.15, 0.2) is 0 Å². The third-order valence-corrected chi connectivity index (χ3v) is 3.83. The minimum absolute atomic E-state index is 0.248. The lowest BCUT2D eigenvalue weighted by molar-refractivity contribution is 0.0431. The van der Waals surface area contributed by atoms with Crippen molar-refractivity contribution < 1.29 is 4.74 Å². The highest BCUT2D eigenvalue weighted by Crippen LogP contribution is 2.32. The fraction of sp³-hybridized carbons (Fsp3) is 1.00. The van der Waals surface area contributed by atoms with Gasteiger partial charge in [0, 0.05) is 13.2 Å². The van der Waals surface area contributed by atoms with Crippen molar-refractivity contribution in [3.05, 3.63) is 0 Å². The number of rotatable bonds is 5. The molecule has 0 aliphatic heterocycles. The summed E-state index contributed by atoms with van der Waals surface area (Å²) in [4.78, 5) is 0. The highest BCUT2D eigenvalue weighted by molar-refractivity contribution is 4.84. The second-order valence-electron chi connectivity index (χ2n) is 5.17. The molecule has 2 heteroatoms. The van der Waals surface area contributed by atoms with E-state index >= 15 is 0 Å². The summed E-state index contributed by atoms with van der Waals surface area (Å²) >= 11 is 0. The zero-order valence-corrected chi connectivity index (χ0v) is 10.5. The summed E-state index contributed by atoms with van der Waals surface area (Å²) in [6.07, 6.45) is 7.86. The SMILES string of the molecule is CCCC(OC)C(N)C1CCCC(C)C1. The van der Waals surface area contributed by atoms with Gasteiger partial charge in [0.25, 0.3) is 0 Å². The Bertz CT molecular complexity index is 172. The van der Waals surface area contributed by atoms with Crippen LogP contribution in [0, 0.1) is 11.8 Å². The van der Waals surface area contributed by atoms with E-state index in [1.165, 1.54) is 25.7 Å². The molecule has 1 aliphatic carbocycles. The monoisotopic (exact) mass is 213 g/mol.